The number of hydrogen-bond acceptors (Lipinski definition) is 7. The molecule has 0 aliphatic carbocycles. The highest BCUT2D eigenvalue weighted by Gasteiger charge is 2.25. The first kappa shape index (κ1) is 18.6. The van der Waals surface area contributed by atoms with Crippen LogP contribution in [0.2, 0.25) is 0 Å². The highest BCUT2D eigenvalue weighted by molar-refractivity contribution is 5.95. The van der Waals surface area contributed by atoms with Crippen LogP contribution in [0.15, 0.2) is 24.5 Å². The number of nitrogens with one attached hydrogen (secondary N) is 1. The summed E-state index contributed by atoms with van der Waals surface area (Å²) in [6.07, 6.45) is 6.32. The van der Waals surface area contributed by atoms with E-state index in [9.17, 15) is 4.79 Å². The van der Waals surface area contributed by atoms with Crippen molar-refractivity contribution < 1.29 is 9.53 Å². The van der Waals surface area contributed by atoms with Crippen LogP contribution in [0.5, 0.6) is 0 Å². The zero-order valence-corrected chi connectivity index (χ0v) is 16.4. The van der Waals surface area contributed by atoms with Gasteiger partial charge in [0.05, 0.1) is 18.9 Å². The molecule has 4 rings (SSSR count). The quantitative estimate of drug-likeness (QED) is 0.856. The Morgan fingerprint density at radius 3 is 3.11 bits per heavy atom. The van der Waals surface area contributed by atoms with Crippen molar-refractivity contribution in [1.82, 2.24) is 20.3 Å². The van der Waals surface area contributed by atoms with Crippen LogP contribution in [-0.2, 0) is 17.8 Å². The largest absolute Gasteiger partial charge is 0.376 e. The van der Waals surface area contributed by atoms with Crippen LogP contribution < -0.4 is 15.1 Å². The van der Waals surface area contributed by atoms with Crippen LogP contribution in [0.4, 0.5) is 11.8 Å². The Morgan fingerprint density at radius 1 is 1.36 bits per heavy atom. The summed E-state index contributed by atoms with van der Waals surface area (Å²) in [5.41, 5.74) is 2.78. The molecule has 8 nitrogen and oxygen atoms in total. The van der Waals surface area contributed by atoms with Crippen molar-refractivity contribution in [2.75, 3.05) is 43.6 Å². The maximum Gasteiger partial charge on any atom is 0.251 e. The van der Waals surface area contributed by atoms with Crippen LogP contribution in [0.1, 0.15) is 34.5 Å². The molecule has 0 radical (unpaired) electrons. The Hall–Kier alpha value is -2.74. The Labute approximate surface area is 164 Å². The summed E-state index contributed by atoms with van der Waals surface area (Å²) in [6, 6.07) is 3.63. The Bertz CT molecular complexity index is 856. The summed E-state index contributed by atoms with van der Waals surface area (Å²) in [5, 5.41) is 3.16. The topological polar surface area (TPSA) is 83.5 Å². The molecule has 148 valence electrons. The van der Waals surface area contributed by atoms with E-state index < -0.39 is 0 Å². The molecule has 1 atom stereocenters. The molecule has 0 spiro atoms. The summed E-state index contributed by atoms with van der Waals surface area (Å²) in [6.45, 7) is 2.92. The highest BCUT2D eigenvalue weighted by Crippen LogP contribution is 2.20. The average molecular weight is 382 g/mol. The molecule has 2 aliphatic rings. The summed E-state index contributed by atoms with van der Waals surface area (Å²) in [5.74, 6) is 1.45. The fourth-order valence-corrected chi connectivity index (χ4v) is 3.62. The molecule has 1 saturated heterocycles. The number of pyridine rings is 1. The molecule has 2 aromatic rings. The van der Waals surface area contributed by atoms with Gasteiger partial charge in [0.25, 0.3) is 5.91 Å². The second kappa shape index (κ2) is 8.10. The zero-order chi connectivity index (χ0) is 19.5. The molecule has 1 unspecified atom stereocenters. The van der Waals surface area contributed by atoms with Crippen molar-refractivity contribution in [3.63, 3.8) is 0 Å². The number of carbonyl (C=O) groups is 1. The number of hydrogen-bond donors (Lipinski definition) is 1. The van der Waals surface area contributed by atoms with E-state index in [1.807, 2.05) is 31.3 Å². The molecule has 4 heterocycles. The summed E-state index contributed by atoms with van der Waals surface area (Å²) < 4.78 is 5.46. The van der Waals surface area contributed by atoms with Crippen molar-refractivity contribution in [1.29, 1.82) is 0 Å². The predicted molar refractivity (Wildman–Crippen MR) is 107 cm³/mol. The summed E-state index contributed by atoms with van der Waals surface area (Å²) in [7, 11) is 3.82. The monoisotopic (exact) mass is 382 g/mol. The zero-order valence-electron chi connectivity index (χ0n) is 16.4. The van der Waals surface area contributed by atoms with Gasteiger partial charge in [0.2, 0.25) is 5.95 Å². The van der Waals surface area contributed by atoms with Crippen LogP contribution in [-0.4, -0.2) is 60.7 Å². The molecule has 1 N–H and O–H groups in total. The number of carbonyl (C=O) groups excluding carboxylic acids is 1. The van der Waals surface area contributed by atoms with Crippen LogP contribution >= 0.6 is 0 Å². The predicted octanol–water partition coefficient (Wildman–Crippen LogP) is 1.41. The van der Waals surface area contributed by atoms with Gasteiger partial charge in [-0.3, -0.25) is 4.79 Å². The minimum absolute atomic E-state index is 0.0686. The second-order valence-electron chi connectivity index (χ2n) is 7.50. The van der Waals surface area contributed by atoms with E-state index in [1.165, 1.54) is 0 Å². The molecule has 1 amide bonds. The van der Waals surface area contributed by atoms with Crippen molar-refractivity contribution in [3.8, 4) is 0 Å². The van der Waals surface area contributed by atoms with Crippen LogP contribution in [0, 0.1) is 0 Å². The van der Waals surface area contributed by atoms with Gasteiger partial charge in [-0.1, -0.05) is 0 Å². The van der Waals surface area contributed by atoms with Gasteiger partial charge >= 0.3 is 0 Å². The van der Waals surface area contributed by atoms with Gasteiger partial charge in [-0.15, -0.1) is 0 Å². The van der Waals surface area contributed by atoms with E-state index in [2.05, 4.69) is 20.2 Å². The Kier molecular flexibility index (Phi) is 5.38. The molecular weight excluding hydrogens is 356 g/mol. The van der Waals surface area contributed by atoms with E-state index in [-0.39, 0.29) is 11.9 Å². The summed E-state index contributed by atoms with van der Waals surface area (Å²) in [4.78, 5) is 30.3. The van der Waals surface area contributed by atoms with Crippen molar-refractivity contribution in [3.05, 3.63) is 41.3 Å². The van der Waals surface area contributed by atoms with Crippen LogP contribution in [0.25, 0.3) is 0 Å². The van der Waals surface area contributed by atoms with Gasteiger partial charge < -0.3 is 19.9 Å². The molecule has 1 fully saturated rings. The minimum Gasteiger partial charge on any atom is -0.376 e. The molecule has 2 aliphatic heterocycles. The number of ether oxygens (including phenoxy) is 1. The molecule has 0 bridgehead atoms. The SMILES string of the molecule is CN(C)c1cc(C(=O)NC2CCCN(c3ncc4c(n3)CCOC4)C2)ccn1. The summed E-state index contributed by atoms with van der Waals surface area (Å²) >= 11 is 0. The van der Waals surface area contributed by atoms with Gasteiger partial charge in [0.15, 0.2) is 0 Å². The van der Waals surface area contributed by atoms with Gasteiger partial charge in [-0.25, -0.2) is 15.0 Å². The number of amides is 1. The Morgan fingerprint density at radius 2 is 2.25 bits per heavy atom. The van der Waals surface area contributed by atoms with Gasteiger partial charge in [-0.05, 0) is 25.0 Å². The molecular formula is C20H26N6O2. The molecule has 28 heavy (non-hydrogen) atoms. The lowest BCUT2D eigenvalue weighted by atomic mass is 10.1. The van der Waals surface area contributed by atoms with E-state index in [0.29, 0.717) is 25.3 Å². The maximum absolute atomic E-state index is 12.7. The van der Waals surface area contributed by atoms with Gasteiger partial charge in [-0.2, -0.15) is 0 Å². The van der Waals surface area contributed by atoms with E-state index in [1.54, 1.807) is 12.3 Å². The molecule has 2 aromatic heterocycles. The van der Waals surface area contributed by atoms with Crippen molar-refractivity contribution in [2.45, 2.75) is 31.9 Å². The smallest absolute Gasteiger partial charge is 0.251 e. The first-order valence-electron chi connectivity index (χ1n) is 9.72. The standard InChI is InChI=1S/C20H26N6O2/c1-25(2)18-10-14(5-7-21-18)19(27)23-16-4-3-8-26(12-16)20-22-11-15-13-28-9-6-17(15)24-20/h5,7,10-11,16H,3-4,6,8-9,12-13H2,1-2H3,(H,23,27). The van der Waals surface area contributed by atoms with Crippen LogP contribution in [0.3, 0.4) is 0 Å². The lowest BCUT2D eigenvalue weighted by Gasteiger charge is -2.33. The number of piperidine rings is 1. The fraction of sp³-hybridized carbons (Fsp3) is 0.500. The first-order valence-corrected chi connectivity index (χ1v) is 9.72. The molecule has 0 saturated carbocycles. The molecule has 8 heteroatoms. The third-order valence-electron chi connectivity index (χ3n) is 5.19. The average Bonchev–Trinajstić information content (AvgIpc) is 2.73. The number of rotatable bonds is 4. The normalized spacial score (nSPS) is 19.1. The number of fused-ring (bicyclic) bond motifs is 1. The second-order valence-corrected chi connectivity index (χ2v) is 7.50. The third kappa shape index (κ3) is 4.06. The fourth-order valence-electron chi connectivity index (χ4n) is 3.62. The maximum atomic E-state index is 12.7. The highest BCUT2D eigenvalue weighted by atomic mass is 16.5. The number of aromatic nitrogens is 3. The number of anilines is 2. The third-order valence-corrected chi connectivity index (χ3v) is 5.19. The van der Waals surface area contributed by atoms with E-state index >= 15 is 0 Å². The van der Waals surface area contributed by atoms with Crippen molar-refractivity contribution in [2.24, 2.45) is 0 Å². The van der Waals surface area contributed by atoms with Crippen molar-refractivity contribution >= 4 is 17.7 Å². The minimum atomic E-state index is -0.0686. The lowest BCUT2D eigenvalue weighted by Crippen LogP contribution is -2.48. The lowest BCUT2D eigenvalue weighted by molar-refractivity contribution is 0.0932. The molecule has 0 aromatic carbocycles. The van der Waals surface area contributed by atoms with Gasteiger partial charge in [0.1, 0.15) is 5.82 Å². The van der Waals surface area contributed by atoms with E-state index in [0.717, 1.165) is 48.8 Å². The number of nitrogens with zero attached hydrogens (tertiary/aromatic N) is 5. The first-order chi connectivity index (χ1) is 13.6. The van der Waals surface area contributed by atoms with Gasteiger partial charge in [0, 0.05) is 63.2 Å². The van der Waals surface area contributed by atoms with E-state index in [4.69, 9.17) is 9.72 Å². The Balaban J connectivity index is 1.42.